The summed E-state index contributed by atoms with van der Waals surface area (Å²) in [5, 5.41) is 0. The van der Waals surface area contributed by atoms with Gasteiger partial charge in [-0.05, 0) is 29.7 Å². The van der Waals surface area contributed by atoms with Crippen LogP contribution < -0.4 is 4.90 Å². The van der Waals surface area contributed by atoms with Crippen LogP contribution in [0.4, 0.5) is 5.69 Å². The third kappa shape index (κ3) is 3.57. The fraction of sp³-hybridized carbons (Fsp3) is 0.0690. The monoisotopic (exact) mass is 401 g/mol. The lowest BCUT2D eigenvalue weighted by Gasteiger charge is -2.18. The van der Waals surface area contributed by atoms with Gasteiger partial charge in [-0.2, -0.15) is 0 Å². The normalized spacial score (nSPS) is 14.5. The Kier molecular flexibility index (Phi) is 4.97. The lowest BCUT2D eigenvalue weighted by Crippen LogP contribution is -2.26. The van der Waals surface area contributed by atoms with Crippen LogP contribution in [-0.4, -0.2) is 5.91 Å². The molecule has 4 aromatic carbocycles. The van der Waals surface area contributed by atoms with E-state index in [9.17, 15) is 4.79 Å². The molecule has 0 unspecified atom stereocenters. The third-order valence-electron chi connectivity index (χ3n) is 5.76. The fourth-order valence-electron chi connectivity index (χ4n) is 4.22. The number of nitrogens with zero attached hydrogens (tertiary/aromatic N) is 1. The SMILES string of the molecule is Cc1ccc(/C(=C2\C(=O)N(Cc3ccccc3)c3ccccc32)c2ccccc2)cc1. The topological polar surface area (TPSA) is 20.3 Å². The summed E-state index contributed by atoms with van der Waals surface area (Å²) in [4.78, 5) is 15.8. The second-order valence-corrected chi connectivity index (χ2v) is 7.88. The van der Waals surface area contributed by atoms with Gasteiger partial charge in [-0.25, -0.2) is 0 Å². The average molecular weight is 402 g/mol. The van der Waals surface area contributed by atoms with E-state index in [-0.39, 0.29) is 5.91 Å². The van der Waals surface area contributed by atoms with Crippen molar-refractivity contribution in [3.05, 3.63) is 137 Å². The summed E-state index contributed by atoms with van der Waals surface area (Å²) in [6, 6.07) is 36.9. The maximum atomic E-state index is 13.9. The first-order valence-electron chi connectivity index (χ1n) is 10.5. The van der Waals surface area contributed by atoms with E-state index in [2.05, 4.69) is 61.5 Å². The van der Waals surface area contributed by atoms with E-state index in [4.69, 9.17) is 0 Å². The lowest BCUT2D eigenvalue weighted by atomic mass is 9.90. The van der Waals surface area contributed by atoms with Crippen LogP contribution in [0.25, 0.3) is 11.1 Å². The largest absolute Gasteiger partial charge is 0.303 e. The summed E-state index contributed by atoms with van der Waals surface area (Å²) in [5.74, 6) is 0.0458. The van der Waals surface area contributed by atoms with Gasteiger partial charge in [-0.3, -0.25) is 4.79 Å². The van der Waals surface area contributed by atoms with Gasteiger partial charge in [0.25, 0.3) is 5.91 Å². The molecule has 5 rings (SSSR count). The van der Waals surface area contributed by atoms with Gasteiger partial charge < -0.3 is 4.90 Å². The van der Waals surface area contributed by atoms with Crippen molar-refractivity contribution in [3.63, 3.8) is 0 Å². The minimum absolute atomic E-state index is 0.0458. The molecule has 0 spiro atoms. The highest BCUT2D eigenvalue weighted by molar-refractivity contribution is 6.38. The molecule has 1 amide bonds. The quantitative estimate of drug-likeness (QED) is 0.357. The molecule has 0 saturated heterocycles. The van der Waals surface area contributed by atoms with Crippen molar-refractivity contribution in [1.82, 2.24) is 0 Å². The van der Waals surface area contributed by atoms with Crippen LogP contribution in [0.5, 0.6) is 0 Å². The smallest absolute Gasteiger partial charge is 0.259 e. The number of fused-ring (bicyclic) bond motifs is 1. The molecule has 31 heavy (non-hydrogen) atoms. The van der Waals surface area contributed by atoms with E-state index >= 15 is 0 Å². The Morgan fingerprint density at radius 1 is 0.677 bits per heavy atom. The maximum absolute atomic E-state index is 13.9. The molecule has 0 radical (unpaired) electrons. The highest BCUT2D eigenvalue weighted by Crippen LogP contribution is 2.43. The molecule has 0 saturated carbocycles. The molecule has 1 aliphatic heterocycles. The predicted octanol–water partition coefficient (Wildman–Crippen LogP) is 6.50. The predicted molar refractivity (Wildman–Crippen MR) is 128 cm³/mol. The van der Waals surface area contributed by atoms with Crippen LogP contribution in [0.15, 0.2) is 109 Å². The minimum atomic E-state index is 0.0458. The number of amides is 1. The molecule has 0 bridgehead atoms. The van der Waals surface area contributed by atoms with Gasteiger partial charge in [-0.15, -0.1) is 0 Å². The molecule has 0 N–H and O–H groups in total. The first-order chi connectivity index (χ1) is 15.2. The number of hydrogen-bond acceptors (Lipinski definition) is 1. The molecule has 4 aromatic rings. The van der Waals surface area contributed by atoms with Crippen LogP contribution in [0, 0.1) is 6.92 Å². The third-order valence-corrected chi connectivity index (χ3v) is 5.76. The minimum Gasteiger partial charge on any atom is -0.303 e. The Morgan fingerprint density at radius 3 is 1.97 bits per heavy atom. The summed E-state index contributed by atoms with van der Waals surface area (Å²) >= 11 is 0. The van der Waals surface area contributed by atoms with Crippen LogP contribution >= 0.6 is 0 Å². The fourth-order valence-corrected chi connectivity index (χ4v) is 4.22. The van der Waals surface area contributed by atoms with Crippen LogP contribution in [0.2, 0.25) is 0 Å². The van der Waals surface area contributed by atoms with E-state index in [1.807, 2.05) is 59.5 Å². The Balaban J connectivity index is 1.73. The van der Waals surface area contributed by atoms with E-state index < -0.39 is 0 Å². The van der Waals surface area contributed by atoms with Gasteiger partial charge in [0.15, 0.2) is 0 Å². The Labute approximate surface area is 183 Å². The zero-order chi connectivity index (χ0) is 21.2. The van der Waals surface area contributed by atoms with Crippen molar-refractivity contribution in [1.29, 1.82) is 0 Å². The molecule has 0 atom stereocenters. The Morgan fingerprint density at radius 2 is 1.26 bits per heavy atom. The van der Waals surface area contributed by atoms with E-state index in [0.29, 0.717) is 6.54 Å². The molecular weight excluding hydrogens is 378 g/mol. The van der Waals surface area contributed by atoms with E-state index in [1.54, 1.807) is 0 Å². The van der Waals surface area contributed by atoms with Crippen LogP contribution in [0.1, 0.15) is 27.8 Å². The highest BCUT2D eigenvalue weighted by Gasteiger charge is 2.35. The van der Waals surface area contributed by atoms with Crippen molar-refractivity contribution in [3.8, 4) is 0 Å². The molecule has 2 heteroatoms. The van der Waals surface area contributed by atoms with Gasteiger partial charge in [-0.1, -0.05) is 109 Å². The second-order valence-electron chi connectivity index (χ2n) is 7.88. The number of anilines is 1. The molecule has 0 fully saturated rings. The van der Waals surface area contributed by atoms with Crippen molar-refractivity contribution in [2.24, 2.45) is 0 Å². The van der Waals surface area contributed by atoms with Crippen LogP contribution in [0.3, 0.4) is 0 Å². The van der Waals surface area contributed by atoms with Crippen LogP contribution in [-0.2, 0) is 11.3 Å². The van der Waals surface area contributed by atoms with Gasteiger partial charge in [0.2, 0.25) is 0 Å². The standard InChI is InChI=1S/C29H23NO/c1-21-16-18-24(19-17-21)27(23-12-6-3-7-13-23)28-25-14-8-9-15-26(25)30(29(28)31)20-22-10-4-2-5-11-22/h2-19H,20H2,1H3/b28-27-. The molecule has 2 nitrogen and oxygen atoms in total. The highest BCUT2D eigenvalue weighted by atomic mass is 16.2. The van der Waals surface area contributed by atoms with Gasteiger partial charge in [0, 0.05) is 11.1 Å². The molecule has 1 aliphatic rings. The number of benzene rings is 4. The summed E-state index contributed by atoms with van der Waals surface area (Å²) in [7, 11) is 0. The number of carbonyl (C=O) groups is 1. The number of aryl methyl sites for hydroxylation is 1. The van der Waals surface area contributed by atoms with Crippen molar-refractivity contribution < 1.29 is 4.79 Å². The number of hydrogen-bond donors (Lipinski definition) is 0. The molecule has 0 aromatic heterocycles. The average Bonchev–Trinajstić information content (AvgIpc) is 3.08. The Bertz CT molecular complexity index is 1260. The van der Waals surface area contributed by atoms with Gasteiger partial charge in [0.1, 0.15) is 0 Å². The lowest BCUT2D eigenvalue weighted by molar-refractivity contribution is -0.113. The Hall–Kier alpha value is -3.91. The van der Waals surface area contributed by atoms with Crippen molar-refractivity contribution in [2.45, 2.75) is 13.5 Å². The summed E-state index contributed by atoms with van der Waals surface area (Å²) in [6.45, 7) is 2.63. The first kappa shape index (κ1) is 19.1. The summed E-state index contributed by atoms with van der Waals surface area (Å²) in [5.41, 5.74) is 8.11. The second kappa shape index (κ2) is 8.08. The van der Waals surface area contributed by atoms with E-state index in [1.165, 1.54) is 5.56 Å². The zero-order valence-electron chi connectivity index (χ0n) is 17.5. The zero-order valence-corrected chi connectivity index (χ0v) is 17.5. The molecule has 0 aliphatic carbocycles. The van der Waals surface area contributed by atoms with E-state index in [0.717, 1.165) is 39.1 Å². The first-order valence-corrected chi connectivity index (χ1v) is 10.5. The molecular formula is C29H23NO. The number of rotatable bonds is 4. The summed E-state index contributed by atoms with van der Waals surface area (Å²) in [6.07, 6.45) is 0. The number of carbonyl (C=O) groups excluding carboxylic acids is 1. The van der Waals surface area contributed by atoms with Gasteiger partial charge >= 0.3 is 0 Å². The molecule has 1 heterocycles. The number of para-hydroxylation sites is 1. The molecule has 150 valence electrons. The van der Waals surface area contributed by atoms with Crippen molar-refractivity contribution >= 4 is 22.7 Å². The van der Waals surface area contributed by atoms with Crippen molar-refractivity contribution in [2.75, 3.05) is 4.90 Å². The van der Waals surface area contributed by atoms with Gasteiger partial charge in [0.05, 0.1) is 17.8 Å². The summed E-state index contributed by atoms with van der Waals surface area (Å²) < 4.78 is 0. The maximum Gasteiger partial charge on any atom is 0.259 e.